The van der Waals surface area contributed by atoms with Gasteiger partial charge in [0, 0.05) is 40.7 Å². The van der Waals surface area contributed by atoms with Gasteiger partial charge in [-0.15, -0.1) is 0 Å². The molecule has 3 aliphatic heterocycles. The summed E-state index contributed by atoms with van der Waals surface area (Å²) in [6, 6.07) is 17.6. The Kier molecular flexibility index (Phi) is 15.9. The lowest BCUT2D eigenvalue weighted by molar-refractivity contribution is -0.350. The van der Waals surface area contributed by atoms with Crippen LogP contribution in [0.1, 0.15) is 58.6 Å². The van der Waals surface area contributed by atoms with Crippen molar-refractivity contribution in [1.29, 1.82) is 0 Å². The van der Waals surface area contributed by atoms with Gasteiger partial charge in [-0.25, -0.2) is 9.69 Å². The molecule has 312 valence electrons. The second-order valence-corrected chi connectivity index (χ2v) is 13.9. The number of hydrogen-bond donors (Lipinski definition) is 1. The second-order valence-electron chi connectivity index (χ2n) is 13.9. The molecule has 0 bridgehead atoms. The number of esters is 3. The molecule has 3 aliphatic rings. The summed E-state index contributed by atoms with van der Waals surface area (Å²) in [5, 5.41) is 12.0. The van der Waals surface area contributed by atoms with E-state index in [4.69, 9.17) is 47.4 Å². The normalized spacial score (nSPS) is 28.1. The van der Waals surface area contributed by atoms with Crippen molar-refractivity contribution in [3.05, 3.63) is 71.8 Å². The predicted octanol–water partition coefficient (Wildman–Crippen LogP) is 2.96. The second kappa shape index (κ2) is 20.8. The monoisotopic (exact) mass is 801 g/mol. The SMILES string of the molecule is CCCO[C@@H]1O[C@H](COCc2ccccc2)[C@H](O)[C@H](OC2C[C@@H]3OC(=O)N(C(C)=O)[C@H]3[C@H](C(OC(C)=O)C(COC(C)=O)OC(C)=O)O2)[C@H]1OCc1ccccc1. The van der Waals surface area contributed by atoms with Crippen molar-refractivity contribution in [3.8, 4) is 0 Å². The zero-order chi connectivity index (χ0) is 41.1. The van der Waals surface area contributed by atoms with Gasteiger partial charge in [0.2, 0.25) is 5.91 Å². The number of ether oxygens (including phenoxy) is 10. The number of hydrogen-bond acceptors (Lipinski definition) is 16. The molecular weight excluding hydrogens is 750 g/mol. The summed E-state index contributed by atoms with van der Waals surface area (Å²) < 4.78 is 59.8. The number of carbonyl (C=O) groups is 5. The molecule has 0 saturated carbocycles. The lowest BCUT2D eigenvalue weighted by Gasteiger charge is -2.47. The van der Waals surface area contributed by atoms with Crippen molar-refractivity contribution in [1.82, 2.24) is 4.90 Å². The van der Waals surface area contributed by atoms with E-state index in [-0.39, 0.29) is 32.8 Å². The Morgan fingerprint density at radius 3 is 2.09 bits per heavy atom. The Labute approximate surface area is 330 Å². The van der Waals surface area contributed by atoms with Crippen LogP contribution in [0, 0.1) is 0 Å². The molecule has 17 nitrogen and oxygen atoms in total. The first-order chi connectivity index (χ1) is 27.4. The van der Waals surface area contributed by atoms with Gasteiger partial charge in [-0.2, -0.15) is 0 Å². The number of fused-ring (bicyclic) bond motifs is 1. The molecule has 2 aromatic carbocycles. The molecule has 3 heterocycles. The van der Waals surface area contributed by atoms with Gasteiger partial charge in [-0.05, 0) is 17.5 Å². The zero-order valence-corrected chi connectivity index (χ0v) is 32.6. The minimum atomic E-state index is -1.56. The molecule has 5 rings (SSSR count). The summed E-state index contributed by atoms with van der Waals surface area (Å²) in [7, 11) is 0. The van der Waals surface area contributed by atoms with Gasteiger partial charge in [0.15, 0.2) is 24.8 Å². The number of aliphatic hydroxyl groups is 1. The largest absolute Gasteiger partial charge is 0.462 e. The maximum Gasteiger partial charge on any atom is 0.417 e. The van der Waals surface area contributed by atoms with E-state index in [0.29, 0.717) is 6.42 Å². The highest BCUT2D eigenvalue weighted by Gasteiger charge is 2.59. The maximum absolute atomic E-state index is 13.2. The summed E-state index contributed by atoms with van der Waals surface area (Å²) in [6.45, 7) is 6.38. The van der Waals surface area contributed by atoms with Gasteiger partial charge in [0.05, 0.1) is 19.8 Å². The first-order valence-corrected chi connectivity index (χ1v) is 18.9. The number of rotatable bonds is 18. The third-order valence-corrected chi connectivity index (χ3v) is 9.39. The highest BCUT2D eigenvalue weighted by atomic mass is 16.7. The summed E-state index contributed by atoms with van der Waals surface area (Å²) in [6.07, 6.45) is -13.1. The van der Waals surface area contributed by atoms with E-state index >= 15 is 0 Å². The molecule has 1 N–H and O–H groups in total. The van der Waals surface area contributed by atoms with Crippen molar-refractivity contribution >= 4 is 29.9 Å². The molecule has 11 atom stereocenters. The van der Waals surface area contributed by atoms with Crippen molar-refractivity contribution in [2.45, 2.75) is 128 Å². The molecule has 0 aliphatic carbocycles. The van der Waals surface area contributed by atoms with Gasteiger partial charge in [0.25, 0.3) is 0 Å². The van der Waals surface area contributed by atoms with Crippen LogP contribution >= 0.6 is 0 Å². The van der Waals surface area contributed by atoms with Crippen LogP contribution in [0.15, 0.2) is 60.7 Å². The van der Waals surface area contributed by atoms with Gasteiger partial charge in [-0.1, -0.05) is 67.6 Å². The minimum Gasteiger partial charge on any atom is -0.462 e. The topological polar surface area (TPSA) is 201 Å². The number of aliphatic hydroxyl groups excluding tert-OH is 1. The molecule has 0 aromatic heterocycles. The summed E-state index contributed by atoms with van der Waals surface area (Å²) in [4.78, 5) is 63.6. The van der Waals surface area contributed by atoms with E-state index in [1.165, 1.54) is 0 Å². The molecule has 57 heavy (non-hydrogen) atoms. The predicted molar refractivity (Wildman–Crippen MR) is 194 cm³/mol. The highest BCUT2D eigenvalue weighted by Crippen LogP contribution is 2.39. The Morgan fingerprint density at radius 1 is 0.842 bits per heavy atom. The van der Waals surface area contributed by atoms with E-state index in [1.807, 2.05) is 67.6 Å². The van der Waals surface area contributed by atoms with Crippen LogP contribution in [0.25, 0.3) is 0 Å². The van der Waals surface area contributed by atoms with E-state index in [9.17, 15) is 29.1 Å². The Bertz CT molecular complexity index is 1640. The molecule has 3 unspecified atom stereocenters. The fourth-order valence-electron chi connectivity index (χ4n) is 6.98. The first-order valence-electron chi connectivity index (χ1n) is 18.9. The van der Waals surface area contributed by atoms with Crippen LogP contribution in [0.3, 0.4) is 0 Å². The average Bonchev–Trinajstić information content (AvgIpc) is 3.52. The highest BCUT2D eigenvalue weighted by molar-refractivity contribution is 5.92. The number of benzene rings is 2. The molecular formula is C40H51NO16. The smallest absolute Gasteiger partial charge is 0.417 e. The number of amides is 2. The molecule has 0 radical (unpaired) electrons. The lowest BCUT2D eigenvalue weighted by atomic mass is 9.91. The molecule has 2 amide bonds. The quantitative estimate of drug-likeness (QED) is 0.170. The summed E-state index contributed by atoms with van der Waals surface area (Å²) in [5.74, 6) is -3.07. The van der Waals surface area contributed by atoms with Gasteiger partial charge < -0.3 is 52.5 Å². The Hall–Kier alpha value is -4.49. The van der Waals surface area contributed by atoms with Crippen LogP contribution < -0.4 is 0 Å². The van der Waals surface area contributed by atoms with Crippen molar-refractivity contribution in [3.63, 3.8) is 0 Å². The Balaban J connectivity index is 1.49. The van der Waals surface area contributed by atoms with Crippen molar-refractivity contribution in [2.24, 2.45) is 0 Å². The third-order valence-electron chi connectivity index (χ3n) is 9.39. The molecule has 3 saturated heterocycles. The Morgan fingerprint density at radius 2 is 1.49 bits per heavy atom. The zero-order valence-electron chi connectivity index (χ0n) is 32.6. The maximum atomic E-state index is 13.2. The van der Waals surface area contributed by atoms with Crippen LogP contribution in [-0.4, -0.2) is 127 Å². The fourth-order valence-corrected chi connectivity index (χ4v) is 6.98. The molecule has 3 fully saturated rings. The fraction of sp³-hybridized carbons (Fsp3) is 0.575. The van der Waals surface area contributed by atoms with Crippen LogP contribution in [0.2, 0.25) is 0 Å². The standard InChI is InChI=1S/C40H51NO16/c1-6-17-49-39-38(51-20-28-15-11-8-12-16-28)37(34(46)30(54-39)21-48-19-27-13-9-7-10-14-27)57-32-18-29-33(41(23(2)42)40(47)55-29)36(56-32)35(53-26(5)45)31(52-25(4)44)22-50-24(3)43/h7-16,29-39,46H,6,17-22H2,1-5H3/t29-,30+,31?,32?,33+,34-,35?,36+,37-,38+,39+/m0/s1. The molecule has 0 spiro atoms. The number of imide groups is 1. The van der Waals surface area contributed by atoms with Crippen molar-refractivity contribution < 1.29 is 76.4 Å². The van der Waals surface area contributed by atoms with Gasteiger partial charge in [-0.3, -0.25) is 19.2 Å². The van der Waals surface area contributed by atoms with Gasteiger partial charge >= 0.3 is 24.0 Å². The minimum absolute atomic E-state index is 0.0634. The van der Waals surface area contributed by atoms with E-state index in [2.05, 4.69) is 0 Å². The number of carbonyl (C=O) groups excluding carboxylic acids is 5. The lowest BCUT2D eigenvalue weighted by Crippen LogP contribution is -2.65. The molecule has 2 aromatic rings. The molecule has 17 heteroatoms. The van der Waals surface area contributed by atoms with E-state index in [1.54, 1.807) is 0 Å². The summed E-state index contributed by atoms with van der Waals surface area (Å²) in [5.41, 5.74) is 1.73. The van der Waals surface area contributed by atoms with E-state index < -0.39 is 104 Å². The van der Waals surface area contributed by atoms with Gasteiger partial charge in [0.1, 0.15) is 49.3 Å². The number of nitrogens with zero attached hydrogens (tertiary/aromatic N) is 1. The van der Waals surface area contributed by atoms with Crippen LogP contribution in [0.4, 0.5) is 4.79 Å². The first kappa shape index (κ1) is 43.6. The van der Waals surface area contributed by atoms with E-state index in [0.717, 1.165) is 43.7 Å². The van der Waals surface area contributed by atoms with Crippen LogP contribution in [-0.2, 0) is 79.8 Å². The van der Waals surface area contributed by atoms with Crippen LogP contribution in [0.5, 0.6) is 0 Å². The summed E-state index contributed by atoms with van der Waals surface area (Å²) >= 11 is 0. The van der Waals surface area contributed by atoms with Crippen molar-refractivity contribution in [2.75, 3.05) is 19.8 Å². The third kappa shape index (κ3) is 11.8. The average molecular weight is 802 g/mol.